The largest absolute Gasteiger partial charge is 0.369 e. The number of aromatic nitrogens is 2. The summed E-state index contributed by atoms with van der Waals surface area (Å²) in [6.45, 7) is 3.51. The first-order chi connectivity index (χ1) is 10.7. The number of halogens is 1. The Bertz CT molecular complexity index is 960. The van der Waals surface area contributed by atoms with E-state index in [-0.39, 0.29) is 18.3 Å². The number of amides is 1. The summed E-state index contributed by atoms with van der Waals surface area (Å²) < 4.78 is 1.98. The first-order valence-electron chi connectivity index (χ1n) is 7.10. The fourth-order valence-corrected chi connectivity index (χ4v) is 3.50. The molecule has 0 saturated heterocycles. The van der Waals surface area contributed by atoms with Crippen molar-refractivity contribution in [2.24, 2.45) is 4.99 Å². The van der Waals surface area contributed by atoms with Crippen LogP contribution in [0.3, 0.4) is 0 Å². The molecule has 4 rings (SSSR count). The highest BCUT2D eigenvalue weighted by molar-refractivity contribution is 7.12. The Kier molecular flexibility index (Phi) is 4.19. The van der Waals surface area contributed by atoms with E-state index in [1.54, 1.807) is 0 Å². The van der Waals surface area contributed by atoms with Gasteiger partial charge in [-0.15, -0.1) is 23.7 Å². The van der Waals surface area contributed by atoms with Crippen molar-refractivity contribution in [2.75, 3.05) is 11.9 Å². The van der Waals surface area contributed by atoms with Gasteiger partial charge in [0.25, 0.3) is 5.91 Å². The lowest BCUT2D eigenvalue weighted by Gasteiger charge is -2.07. The van der Waals surface area contributed by atoms with Crippen LogP contribution in [0, 0.1) is 6.92 Å². The third-order valence-electron chi connectivity index (χ3n) is 3.78. The van der Waals surface area contributed by atoms with Crippen molar-refractivity contribution in [1.29, 1.82) is 0 Å². The van der Waals surface area contributed by atoms with Crippen LogP contribution in [0.25, 0.3) is 10.9 Å². The molecule has 5 nitrogen and oxygen atoms in total. The minimum Gasteiger partial charge on any atom is -0.369 e. The van der Waals surface area contributed by atoms with E-state index in [4.69, 9.17) is 0 Å². The number of fused-ring (bicyclic) bond motifs is 3. The van der Waals surface area contributed by atoms with Crippen LogP contribution in [0.4, 0.5) is 5.82 Å². The minimum atomic E-state index is -0.225. The van der Waals surface area contributed by atoms with E-state index in [0.717, 1.165) is 35.4 Å². The Morgan fingerprint density at radius 1 is 1.35 bits per heavy atom. The SMILES string of the molecule is Cc1ccsc1C(=O)N=c1nc2ccccc2c2n1CCN2.Cl. The van der Waals surface area contributed by atoms with Gasteiger partial charge in [0.1, 0.15) is 5.82 Å². The number of aryl methyl sites for hydroxylation is 1. The predicted octanol–water partition coefficient (Wildman–Crippen LogP) is 2.99. The molecule has 0 spiro atoms. The monoisotopic (exact) mass is 346 g/mol. The molecule has 0 bridgehead atoms. The molecule has 1 N–H and O–H groups in total. The summed E-state index contributed by atoms with van der Waals surface area (Å²) >= 11 is 1.42. The topological polar surface area (TPSA) is 59.3 Å². The van der Waals surface area contributed by atoms with E-state index in [0.29, 0.717) is 10.5 Å². The van der Waals surface area contributed by atoms with Gasteiger partial charge in [-0.05, 0) is 36.1 Å². The summed E-state index contributed by atoms with van der Waals surface area (Å²) in [5, 5.41) is 6.32. The number of benzene rings is 1. The van der Waals surface area contributed by atoms with Crippen molar-refractivity contribution >= 4 is 46.4 Å². The number of carbonyl (C=O) groups excluding carboxylic acids is 1. The number of hydrogen-bond donors (Lipinski definition) is 1. The maximum atomic E-state index is 12.4. The molecule has 3 aromatic rings. The van der Waals surface area contributed by atoms with Crippen LogP contribution in [0.1, 0.15) is 15.2 Å². The molecule has 1 aliphatic heterocycles. The van der Waals surface area contributed by atoms with Gasteiger partial charge >= 0.3 is 0 Å². The third-order valence-corrected chi connectivity index (χ3v) is 4.78. The number of nitrogens with zero attached hydrogens (tertiary/aromatic N) is 3. The highest BCUT2D eigenvalue weighted by atomic mass is 35.5. The summed E-state index contributed by atoms with van der Waals surface area (Å²) in [6.07, 6.45) is 0. The molecule has 3 heterocycles. The first-order valence-corrected chi connectivity index (χ1v) is 7.98. The lowest BCUT2D eigenvalue weighted by atomic mass is 10.2. The Labute approximate surface area is 143 Å². The number of rotatable bonds is 1. The average Bonchev–Trinajstić information content (AvgIpc) is 3.16. The number of thiophene rings is 1. The molecule has 1 aliphatic rings. The van der Waals surface area contributed by atoms with Gasteiger partial charge in [-0.1, -0.05) is 12.1 Å². The number of carbonyl (C=O) groups is 1. The van der Waals surface area contributed by atoms with Crippen molar-refractivity contribution in [3.63, 3.8) is 0 Å². The van der Waals surface area contributed by atoms with E-state index in [2.05, 4.69) is 15.3 Å². The summed E-state index contributed by atoms with van der Waals surface area (Å²) in [5.74, 6) is 0.761. The van der Waals surface area contributed by atoms with Gasteiger partial charge in [0.15, 0.2) is 0 Å². The third kappa shape index (κ3) is 2.64. The molecule has 0 fully saturated rings. The van der Waals surface area contributed by atoms with Gasteiger partial charge in [0.2, 0.25) is 5.62 Å². The average molecular weight is 347 g/mol. The molecular weight excluding hydrogens is 332 g/mol. The molecule has 118 valence electrons. The van der Waals surface area contributed by atoms with Crippen LogP contribution in [0.15, 0.2) is 40.7 Å². The highest BCUT2D eigenvalue weighted by Crippen LogP contribution is 2.22. The number of anilines is 1. The van der Waals surface area contributed by atoms with Crippen molar-refractivity contribution in [2.45, 2.75) is 13.5 Å². The van der Waals surface area contributed by atoms with E-state index in [9.17, 15) is 4.79 Å². The second-order valence-corrected chi connectivity index (χ2v) is 6.12. The zero-order valence-electron chi connectivity index (χ0n) is 12.4. The number of para-hydroxylation sites is 1. The molecule has 0 radical (unpaired) electrons. The van der Waals surface area contributed by atoms with Crippen LogP contribution in [-0.2, 0) is 6.54 Å². The maximum Gasteiger partial charge on any atom is 0.290 e. The zero-order valence-corrected chi connectivity index (χ0v) is 14.1. The fourth-order valence-electron chi connectivity index (χ4n) is 2.69. The molecule has 0 saturated carbocycles. The van der Waals surface area contributed by atoms with Crippen molar-refractivity contribution in [1.82, 2.24) is 9.55 Å². The Morgan fingerprint density at radius 3 is 2.96 bits per heavy atom. The quantitative estimate of drug-likeness (QED) is 0.737. The predicted molar refractivity (Wildman–Crippen MR) is 94.4 cm³/mol. The maximum absolute atomic E-state index is 12.4. The van der Waals surface area contributed by atoms with Crippen LogP contribution in [-0.4, -0.2) is 22.0 Å². The van der Waals surface area contributed by atoms with Crippen LogP contribution in [0.2, 0.25) is 0 Å². The molecule has 7 heteroatoms. The van der Waals surface area contributed by atoms with Gasteiger partial charge in [0, 0.05) is 18.5 Å². The highest BCUT2D eigenvalue weighted by Gasteiger charge is 2.16. The Hall–Kier alpha value is -2.18. The van der Waals surface area contributed by atoms with E-state index >= 15 is 0 Å². The summed E-state index contributed by atoms with van der Waals surface area (Å²) in [4.78, 5) is 21.9. The molecule has 0 atom stereocenters. The molecule has 0 unspecified atom stereocenters. The zero-order chi connectivity index (χ0) is 15.1. The summed E-state index contributed by atoms with van der Waals surface area (Å²) in [6, 6.07) is 9.83. The van der Waals surface area contributed by atoms with Crippen molar-refractivity contribution in [3.05, 3.63) is 51.8 Å². The van der Waals surface area contributed by atoms with Crippen molar-refractivity contribution < 1.29 is 4.79 Å². The Morgan fingerprint density at radius 2 is 2.17 bits per heavy atom. The van der Waals surface area contributed by atoms with Crippen LogP contribution in [0.5, 0.6) is 0 Å². The van der Waals surface area contributed by atoms with Crippen molar-refractivity contribution in [3.8, 4) is 0 Å². The van der Waals surface area contributed by atoms with Gasteiger partial charge < -0.3 is 5.32 Å². The molecule has 1 amide bonds. The standard InChI is InChI=1S/C16H14N4OS.ClH/c1-10-6-9-22-13(10)15(21)19-16-18-12-5-3-2-4-11(12)14-17-7-8-20(14)16;/h2-6,9,17H,7-8H2,1H3;1H. The van der Waals surface area contributed by atoms with Gasteiger partial charge in [-0.3, -0.25) is 9.36 Å². The molecule has 0 aliphatic carbocycles. The smallest absolute Gasteiger partial charge is 0.290 e. The fraction of sp³-hybridized carbons (Fsp3) is 0.188. The molecular formula is C16H15ClN4OS. The van der Waals surface area contributed by atoms with E-state index < -0.39 is 0 Å². The second-order valence-electron chi connectivity index (χ2n) is 5.21. The molecule has 2 aromatic heterocycles. The minimum absolute atomic E-state index is 0. The van der Waals surface area contributed by atoms with E-state index in [1.807, 2.05) is 47.2 Å². The normalized spacial score (nSPS) is 13.5. The van der Waals surface area contributed by atoms with Crippen LogP contribution < -0.4 is 10.9 Å². The number of nitrogens with one attached hydrogen (secondary N) is 1. The van der Waals surface area contributed by atoms with E-state index in [1.165, 1.54) is 11.3 Å². The summed E-state index contributed by atoms with van der Waals surface area (Å²) in [5.41, 5.74) is 2.27. The van der Waals surface area contributed by atoms with Crippen LogP contribution >= 0.6 is 23.7 Å². The summed E-state index contributed by atoms with van der Waals surface area (Å²) in [7, 11) is 0. The molecule has 1 aromatic carbocycles. The number of hydrogen-bond acceptors (Lipinski definition) is 4. The molecule has 23 heavy (non-hydrogen) atoms. The Balaban J connectivity index is 0.00000156. The first kappa shape index (κ1) is 15.7. The lowest BCUT2D eigenvalue weighted by molar-refractivity contribution is 0.1000. The van der Waals surface area contributed by atoms with Gasteiger partial charge in [-0.2, -0.15) is 4.99 Å². The second kappa shape index (κ2) is 6.14. The van der Waals surface area contributed by atoms with Gasteiger partial charge in [0.05, 0.1) is 10.4 Å². The van der Waals surface area contributed by atoms with Gasteiger partial charge in [-0.25, -0.2) is 4.98 Å². The lowest BCUT2D eigenvalue weighted by Crippen LogP contribution is -2.24.